The summed E-state index contributed by atoms with van der Waals surface area (Å²) < 4.78 is 19.4. The van der Waals surface area contributed by atoms with E-state index in [0.717, 1.165) is 19.4 Å². The van der Waals surface area contributed by atoms with Gasteiger partial charge < -0.3 is 13.9 Å². The lowest BCUT2D eigenvalue weighted by molar-refractivity contribution is -0.0345. The maximum absolute atomic E-state index is 6.86. The summed E-state index contributed by atoms with van der Waals surface area (Å²) in [6.45, 7) is 21.6. The molecule has 1 saturated heterocycles. The third-order valence-electron chi connectivity index (χ3n) is 7.91. The Morgan fingerprint density at radius 1 is 0.875 bits per heavy atom. The molecule has 0 bridgehead atoms. The number of unbranched alkanes of at least 4 members (excludes halogenated alkanes) is 6. The predicted octanol–water partition coefficient (Wildman–Crippen LogP) is 9.05. The van der Waals surface area contributed by atoms with Gasteiger partial charge in [-0.15, -0.1) is 0 Å². The highest BCUT2D eigenvalue weighted by atomic mass is 28.4. The maximum atomic E-state index is 6.86. The number of ether oxygens (including phenoxy) is 2. The van der Waals surface area contributed by atoms with Gasteiger partial charge in [0.05, 0.1) is 23.9 Å². The van der Waals surface area contributed by atoms with E-state index in [2.05, 4.69) is 61.6 Å². The lowest BCUT2D eigenvalue weighted by Gasteiger charge is -2.41. The Bertz CT molecular complexity index is 484. The second-order valence-electron chi connectivity index (χ2n) is 12.3. The van der Waals surface area contributed by atoms with Gasteiger partial charge in [-0.3, -0.25) is 0 Å². The Morgan fingerprint density at radius 2 is 1.50 bits per heavy atom. The van der Waals surface area contributed by atoms with Crippen molar-refractivity contribution in [3.8, 4) is 0 Å². The van der Waals surface area contributed by atoms with E-state index in [-0.39, 0.29) is 10.6 Å². The average Bonchev–Trinajstić information content (AvgIpc) is 3.17. The zero-order valence-corrected chi connectivity index (χ0v) is 24.4. The monoisotopic (exact) mass is 470 g/mol. The Morgan fingerprint density at radius 3 is 2.09 bits per heavy atom. The molecule has 1 rings (SSSR count). The van der Waals surface area contributed by atoms with Gasteiger partial charge >= 0.3 is 0 Å². The molecule has 1 fully saturated rings. The SMILES string of the molecule is CCCC[C@H](O[Si](C)(C)C(C)(C)C)[C@@H]1CCC(CCCCCCCCOC(C)(C)CC)O1. The van der Waals surface area contributed by atoms with Gasteiger partial charge in [0.15, 0.2) is 8.32 Å². The van der Waals surface area contributed by atoms with Crippen molar-refractivity contribution in [2.45, 2.75) is 174 Å². The van der Waals surface area contributed by atoms with E-state index < -0.39 is 8.32 Å². The topological polar surface area (TPSA) is 27.7 Å². The molecular formula is C28H58O3Si. The summed E-state index contributed by atoms with van der Waals surface area (Å²) >= 11 is 0. The fraction of sp³-hybridized carbons (Fsp3) is 1.00. The smallest absolute Gasteiger partial charge is 0.192 e. The van der Waals surface area contributed by atoms with Gasteiger partial charge in [-0.05, 0) is 70.5 Å². The second-order valence-corrected chi connectivity index (χ2v) is 17.1. The van der Waals surface area contributed by atoms with Crippen LogP contribution in [0.5, 0.6) is 0 Å². The highest BCUT2D eigenvalue weighted by Crippen LogP contribution is 2.40. The Hall–Kier alpha value is 0.0969. The fourth-order valence-electron chi connectivity index (χ4n) is 4.13. The lowest BCUT2D eigenvalue weighted by Crippen LogP contribution is -2.47. The van der Waals surface area contributed by atoms with E-state index in [4.69, 9.17) is 13.9 Å². The van der Waals surface area contributed by atoms with Crippen molar-refractivity contribution >= 4 is 8.32 Å². The zero-order chi connectivity index (χ0) is 24.3. The minimum Gasteiger partial charge on any atom is -0.411 e. The second kappa shape index (κ2) is 14.5. The normalized spacial score (nSPS) is 21.3. The van der Waals surface area contributed by atoms with E-state index in [1.165, 1.54) is 70.6 Å². The van der Waals surface area contributed by atoms with Crippen LogP contribution in [0.2, 0.25) is 18.1 Å². The first-order chi connectivity index (χ1) is 14.9. The van der Waals surface area contributed by atoms with Crippen LogP contribution in [-0.4, -0.2) is 38.8 Å². The fourth-order valence-corrected chi connectivity index (χ4v) is 5.51. The minimum atomic E-state index is -1.76. The van der Waals surface area contributed by atoms with E-state index in [9.17, 15) is 0 Å². The van der Waals surface area contributed by atoms with E-state index in [0.29, 0.717) is 18.3 Å². The highest BCUT2D eigenvalue weighted by Gasteiger charge is 2.42. The molecule has 1 aliphatic heterocycles. The van der Waals surface area contributed by atoms with Gasteiger partial charge in [0.2, 0.25) is 0 Å². The summed E-state index contributed by atoms with van der Waals surface area (Å²) in [5.74, 6) is 0. The van der Waals surface area contributed by atoms with Gasteiger partial charge in [-0.2, -0.15) is 0 Å². The van der Waals surface area contributed by atoms with Crippen molar-refractivity contribution in [3.05, 3.63) is 0 Å². The average molecular weight is 471 g/mol. The van der Waals surface area contributed by atoms with Crippen LogP contribution in [0.1, 0.15) is 132 Å². The summed E-state index contributed by atoms with van der Waals surface area (Å²) in [7, 11) is -1.76. The Labute approximate surface area is 202 Å². The third-order valence-corrected chi connectivity index (χ3v) is 12.4. The molecule has 0 aromatic heterocycles. The van der Waals surface area contributed by atoms with Crippen LogP contribution in [0.3, 0.4) is 0 Å². The molecule has 1 aliphatic rings. The molecule has 192 valence electrons. The molecule has 0 aromatic rings. The van der Waals surface area contributed by atoms with Crippen molar-refractivity contribution in [1.29, 1.82) is 0 Å². The van der Waals surface area contributed by atoms with Crippen molar-refractivity contribution in [2.24, 2.45) is 0 Å². The van der Waals surface area contributed by atoms with Crippen LogP contribution in [0.15, 0.2) is 0 Å². The molecule has 32 heavy (non-hydrogen) atoms. The van der Waals surface area contributed by atoms with Gasteiger partial charge in [0.1, 0.15) is 0 Å². The molecule has 3 atom stereocenters. The minimum absolute atomic E-state index is 0.0460. The molecule has 0 amide bonds. The number of rotatable bonds is 17. The molecule has 0 N–H and O–H groups in total. The molecule has 1 heterocycles. The molecule has 4 heteroatoms. The highest BCUT2D eigenvalue weighted by molar-refractivity contribution is 6.74. The van der Waals surface area contributed by atoms with Gasteiger partial charge in [-0.25, -0.2) is 0 Å². The molecule has 0 aromatic carbocycles. The van der Waals surface area contributed by atoms with E-state index in [1.807, 2.05) is 0 Å². The van der Waals surface area contributed by atoms with Crippen LogP contribution < -0.4 is 0 Å². The molecule has 0 radical (unpaired) electrons. The summed E-state index contributed by atoms with van der Waals surface area (Å²) in [6.07, 6.45) is 17.2. The first kappa shape index (κ1) is 30.1. The molecule has 0 aliphatic carbocycles. The number of hydrogen-bond donors (Lipinski definition) is 0. The molecule has 3 nitrogen and oxygen atoms in total. The quantitative estimate of drug-likeness (QED) is 0.157. The standard InChI is InChI=1S/C28H58O3Si/c1-10-12-20-26(31-32(8,9)27(3,4)5)25-22-21-24(30-25)19-17-15-13-14-16-18-23-29-28(6,7)11-2/h24-26H,10-23H2,1-9H3/t24?,25-,26-/m0/s1. The molecule has 1 unspecified atom stereocenters. The zero-order valence-electron chi connectivity index (χ0n) is 23.4. The molecule has 0 spiro atoms. The first-order valence-electron chi connectivity index (χ1n) is 13.9. The summed E-state index contributed by atoms with van der Waals surface area (Å²) in [4.78, 5) is 0. The molecular weight excluding hydrogens is 412 g/mol. The summed E-state index contributed by atoms with van der Waals surface area (Å²) in [6, 6.07) is 0. The van der Waals surface area contributed by atoms with E-state index in [1.54, 1.807) is 0 Å². The van der Waals surface area contributed by atoms with E-state index >= 15 is 0 Å². The number of hydrogen-bond acceptors (Lipinski definition) is 3. The van der Waals surface area contributed by atoms with Crippen molar-refractivity contribution < 1.29 is 13.9 Å². The summed E-state index contributed by atoms with van der Waals surface area (Å²) in [5, 5.41) is 0.258. The summed E-state index contributed by atoms with van der Waals surface area (Å²) in [5.41, 5.74) is 0.0460. The Kier molecular flexibility index (Phi) is 13.6. The first-order valence-corrected chi connectivity index (χ1v) is 16.8. The maximum Gasteiger partial charge on any atom is 0.192 e. The van der Waals surface area contributed by atoms with Crippen LogP contribution in [-0.2, 0) is 13.9 Å². The van der Waals surface area contributed by atoms with Crippen LogP contribution in [0.25, 0.3) is 0 Å². The molecule has 0 saturated carbocycles. The van der Waals surface area contributed by atoms with Crippen LogP contribution >= 0.6 is 0 Å². The van der Waals surface area contributed by atoms with Gasteiger partial charge in [0.25, 0.3) is 0 Å². The van der Waals surface area contributed by atoms with Gasteiger partial charge in [0, 0.05) is 6.61 Å². The predicted molar refractivity (Wildman–Crippen MR) is 142 cm³/mol. The van der Waals surface area contributed by atoms with Crippen molar-refractivity contribution in [3.63, 3.8) is 0 Å². The van der Waals surface area contributed by atoms with Crippen LogP contribution in [0.4, 0.5) is 0 Å². The van der Waals surface area contributed by atoms with Crippen molar-refractivity contribution in [1.82, 2.24) is 0 Å². The Balaban J connectivity index is 2.26. The largest absolute Gasteiger partial charge is 0.411 e. The van der Waals surface area contributed by atoms with Crippen LogP contribution in [0, 0.1) is 0 Å². The lowest BCUT2D eigenvalue weighted by atomic mass is 10.0. The van der Waals surface area contributed by atoms with Gasteiger partial charge in [-0.1, -0.05) is 79.6 Å². The third kappa shape index (κ3) is 11.5. The van der Waals surface area contributed by atoms with Crippen molar-refractivity contribution in [2.75, 3.05) is 6.61 Å².